The number of nitrogens with zero attached hydrogens (tertiary/aromatic N) is 2. The number of carbonyl (C=O) groups is 2. The average Bonchev–Trinajstić information content (AvgIpc) is 2.80. The van der Waals surface area contributed by atoms with Gasteiger partial charge in [-0.1, -0.05) is 42.0 Å². The maximum atomic E-state index is 12.9. The van der Waals surface area contributed by atoms with Crippen LogP contribution in [0.25, 0.3) is 0 Å². The number of anilines is 1. The summed E-state index contributed by atoms with van der Waals surface area (Å²) in [5.74, 6) is -0.627. The zero-order chi connectivity index (χ0) is 24.0. The Labute approximate surface area is 196 Å². The SMILES string of the molecule is CCN(CC)C(=O)c1ccccc1NC(=O)C1CCN(S(=O)(=O)Cc2cccc(C)c2)CC1. The number of benzene rings is 2. The number of sulfonamides is 1. The average molecular weight is 472 g/mol. The highest BCUT2D eigenvalue weighted by atomic mass is 32.2. The van der Waals surface area contributed by atoms with Gasteiger partial charge in [-0.05, 0) is 51.3 Å². The Morgan fingerprint density at radius 1 is 1.03 bits per heavy atom. The van der Waals surface area contributed by atoms with Crippen LogP contribution in [0.3, 0.4) is 0 Å². The number of hydrogen-bond acceptors (Lipinski definition) is 4. The Bertz CT molecular complexity index is 1090. The van der Waals surface area contributed by atoms with Crippen molar-refractivity contribution in [3.05, 3.63) is 65.2 Å². The molecule has 0 saturated carbocycles. The Hall–Kier alpha value is -2.71. The highest BCUT2D eigenvalue weighted by Crippen LogP contribution is 2.25. The number of rotatable bonds is 8. The first-order chi connectivity index (χ1) is 15.7. The second kappa shape index (κ2) is 10.9. The molecule has 1 aliphatic rings. The predicted octanol–water partition coefficient (Wildman–Crippen LogP) is 3.66. The zero-order valence-electron chi connectivity index (χ0n) is 19.6. The van der Waals surface area contributed by atoms with Crippen LogP contribution in [0.2, 0.25) is 0 Å². The van der Waals surface area contributed by atoms with Gasteiger partial charge >= 0.3 is 0 Å². The normalized spacial score (nSPS) is 15.2. The van der Waals surface area contributed by atoms with Crippen molar-refractivity contribution >= 4 is 27.5 Å². The van der Waals surface area contributed by atoms with Gasteiger partial charge in [0.2, 0.25) is 15.9 Å². The van der Waals surface area contributed by atoms with Gasteiger partial charge in [-0.2, -0.15) is 0 Å². The van der Waals surface area contributed by atoms with E-state index in [2.05, 4.69) is 5.32 Å². The van der Waals surface area contributed by atoms with Crippen LogP contribution >= 0.6 is 0 Å². The number of amides is 2. The Balaban J connectivity index is 1.62. The first-order valence-corrected chi connectivity index (χ1v) is 13.1. The number of carbonyl (C=O) groups excluding carboxylic acids is 2. The quantitative estimate of drug-likeness (QED) is 0.637. The smallest absolute Gasteiger partial charge is 0.255 e. The Morgan fingerprint density at radius 3 is 2.33 bits per heavy atom. The third-order valence-corrected chi connectivity index (χ3v) is 7.97. The summed E-state index contributed by atoms with van der Waals surface area (Å²) in [6.45, 7) is 7.58. The lowest BCUT2D eigenvalue weighted by molar-refractivity contribution is -0.120. The minimum atomic E-state index is -3.44. The van der Waals surface area contributed by atoms with Crippen molar-refractivity contribution < 1.29 is 18.0 Å². The molecule has 0 aromatic heterocycles. The topological polar surface area (TPSA) is 86.8 Å². The largest absolute Gasteiger partial charge is 0.339 e. The fraction of sp³-hybridized carbons (Fsp3) is 0.440. The van der Waals surface area contributed by atoms with Crippen molar-refractivity contribution in [1.29, 1.82) is 0 Å². The second-order valence-electron chi connectivity index (χ2n) is 8.43. The molecule has 0 bridgehead atoms. The molecular formula is C25H33N3O4S. The fourth-order valence-electron chi connectivity index (χ4n) is 4.19. The van der Waals surface area contributed by atoms with Gasteiger partial charge in [0.05, 0.1) is 17.0 Å². The van der Waals surface area contributed by atoms with Crippen molar-refractivity contribution in [2.24, 2.45) is 5.92 Å². The van der Waals surface area contributed by atoms with Crippen molar-refractivity contribution in [1.82, 2.24) is 9.21 Å². The number of aryl methyl sites for hydroxylation is 1. The molecule has 1 heterocycles. The van der Waals surface area contributed by atoms with Crippen LogP contribution in [0.5, 0.6) is 0 Å². The predicted molar refractivity (Wildman–Crippen MR) is 130 cm³/mol. The van der Waals surface area contributed by atoms with E-state index in [1.54, 1.807) is 29.2 Å². The molecule has 2 aromatic rings. The molecule has 0 radical (unpaired) electrons. The second-order valence-corrected chi connectivity index (χ2v) is 10.4. The molecule has 178 valence electrons. The van der Waals surface area contributed by atoms with E-state index in [1.807, 2.05) is 45.0 Å². The van der Waals surface area contributed by atoms with Gasteiger partial charge in [-0.15, -0.1) is 0 Å². The molecule has 1 saturated heterocycles. The number of hydrogen-bond donors (Lipinski definition) is 1. The zero-order valence-corrected chi connectivity index (χ0v) is 20.4. The summed E-state index contributed by atoms with van der Waals surface area (Å²) in [6.07, 6.45) is 0.899. The number of para-hydroxylation sites is 1. The Morgan fingerprint density at radius 2 is 1.70 bits per heavy atom. The van der Waals surface area contributed by atoms with E-state index in [9.17, 15) is 18.0 Å². The summed E-state index contributed by atoms with van der Waals surface area (Å²) in [5.41, 5.74) is 2.75. The standard InChI is InChI=1S/C25H33N3O4S/c1-4-27(5-2)25(30)22-11-6-7-12-23(22)26-24(29)21-13-15-28(16-14-21)33(31,32)18-20-10-8-9-19(3)17-20/h6-12,17,21H,4-5,13-16,18H2,1-3H3,(H,26,29). The van der Waals surface area contributed by atoms with Crippen molar-refractivity contribution in [3.63, 3.8) is 0 Å². The van der Waals surface area contributed by atoms with Crippen LogP contribution in [-0.2, 0) is 20.6 Å². The highest BCUT2D eigenvalue weighted by Gasteiger charge is 2.31. The number of piperidine rings is 1. The van der Waals surface area contributed by atoms with Crippen LogP contribution in [-0.4, -0.2) is 55.6 Å². The minimum Gasteiger partial charge on any atom is -0.339 e. The van der Waals surface area contributed by atoms with Gasteiger partial charge < -0.3 is 10.2 Å². The van der Waals surface area contributed by atoms with E-state index in [4.69, 9.17) is 0 Å². The lowest BCUT2D eigenvalue weighted by Crippen LogP contribution is -2.42. The molecule has 2 amide bonds. The van der Waals surface area contributed by atoms with Crippen LogP contribution in [0, 0.1) is 12.8 Å². The first-order valence-electron chi connectivity index (χ1n) is 11.5. The van der Waals surface area contributed by atoms with E-state index >= 15 is 0 Å². The maximum absolute atomic E-state index is 12.9. The van der Waals surface area contributed by atoms with Crippen LogP contribution in [0.15, 0.2) is 48.5 Å². The fourth-order valence-corrected chi connectivity index (χ4v) is 5.75. The molecule has 8 heteroatoms. The Kier molecular flexibility index (Phi) is 8.26. The molecule has 0 unspecified atom stereocenters. The van der Waals surface area contributed by atoms with Gasteiger partial charge in [0, 0.05) is 32.1 Å². The molecular weight excluding hydrogens is 438 g/mol. The van der Waals surface area contributed by atoms with Crippen LogP contribution < -0.4 is 5.32 Å². The van der Waals surface area contributed by atoms with Crippen molar-refractivity contribution in [3.8, 4) is 0 Å². The van der Waals surface area contributed by atoms with Crippen molar-refractivity contribution in [2.45, 2.75) is 39.4 Å². The van der Waals surface area contributed by atoms with Crippen LogP contribution in [0.4, 0.5) is 5.69 Å². The molecule has 3 rings (SSSR count). The summed E-state index contributed by atoms with van der Waals surface area (Å²) in [7, 11) is -3.44. The molecule has 0 spiro atoms. The van der Waals surface area contributed by atoms with E-state index in [0.29, 0.717) is 50.3 Å². The molecule has 2 aromatic carbocycles. The molecule has 7 nitrogen and oxygen atoms in total. The van der Waals surface area contributed by atoms with E-state index in [-0.39, 0.29) is 23.5 Å². The van der Waals surface area contributed by atoms with Gasteiger partial charge in [-0.25, -0.2) is 12.7 Å². The van der Waals surface area contributed by atoms with Gasteiger partial charge in [0.1, 0.15) is 0 Å². The maximum Gasteiger partial charge on any atom is 0.255 e. The summed E-state index contributed by atoms with van der Waals surface area (Å²) in [6, 6.07) is 14.5. The molecule has 1 aliphatic heterocycles. The third-order valence-electron chi connectivity index (χ3n) is 6.12. The first kappa shape index (κ1) is 24.9. The lowest BCUT2D eigenvalue weighted by atomic mass is 9.97. The molecule has 0 aliphatic carbocycles. The summed E-state index contributed by atoms with van der Waals surface area (Å²) >= 11 is 0. The van der Waals surface area contributed by atoms with E-state index in [1.165, 1.54) is 4.31 Å². The van der Waals surface area contributed by atoms with Gasteiger partial charge in [0.25, 0.3) is 5.91 Å². The highest BCUT2D eigenvalue weighted by molar-refractivity contribution is 7.88. The third kappa shape index (κ3) is 6.21. The molecule has 1 fully saturated rings. The van der Waals surface area contributed by atoms with Gasteiger partial charge in [-0.3, -0.25) is 9.59 Å². The molecule has 33 heavy (non-hydrogen) atoms. The van der Waals surface area contributed by atoms with Gasteiger partial charge in [0.15, 0.2) is 0 Å². The molecule has 1 N–H and O–H groups in total. The van der Waals surface area contributed by atoms with E-state index < -0.39 is 10.0 Å². The van der Waals surface area contributed by atoms with E-state index in [0.717, 1.165) is 11.1 Å². The van der Waals surface area contributed by atoms with Crippen LogP contribution in [0.1, 0.15) is 48.2 Å². The summed E-state index contributed by atoms with van der Waals surface area (Å²) < 4.78 is 27.2. The molecule has 0 atom stereocenters. The summed E-state index contributed by atoms with van der Waals surface area (Å²) in [5, 5.41) is 2.91. The lowest BCUT2D eigenvalue weighted by Gasteiger charge is -2.30. The number of nitrogens with one attached hydrogen (secondary N) is 1. The summed E-state index contributed by atoms with van der Waals surface area (Å²) in [4.78, 5) is 27.5. The minimum absolute atomic E-state index is 0.0353. The van der Waals surface area contributed by atoms with Crippen molar-refractivity contribution in [2.75, 3.05) is 31.5 Å². The monoisotopic (exact) mass is 471 g/mol.